The number of fused-ring (bicyclic) bond motifs is 1. The second-order valence-electron chi connectivity index (χ2n) is 7.91. The molecule has 0 saturated carbocycles. The summed E-state index contributed by atoms with van der Waals surface area (Å²) in [6.07, 6.45) is 2.03. The predicted octanol–water partition coefficient (Wildman–Crippen LogP) is 3.56. The van der Waals surface area contributed by atoms with E-state index in [0.29, 0.717) is 12.6 Å². The maximum absolute atomic E-state index is 12.6. The molecular weight excluding hydrogens is 380 g/mol. The normalized spacial score (nSPS) is 16.9. The first-order valence-electron chi connectivity index (χ1n) is 10.3. The highest BCUT2D eigenvalue weighted by Gasteiger charge is 2.29. The van der Waals surface area contributed by atoms with E-state index in [1.165, 1.54) is 0 Å². The van der Waals surface area contributed by atoms with Crippen LogP contribution in [0.3, 0.4) is 0 Å². The minimum Gasteiger partial charge on any atom is -0.497 e. The SMILES string of the molecule is COc1ccc(NC(=O)CN2CCC[C@H]2c2ccc3c(NC(C)C)n[nH]c3n2)cc1. The lowest BCUT2D eigenvalue weighted by Gasteiger charge is -2.23. The number of pyridine rings is 1. The quantitative estimate of drug-likeness (QED) is 0.553. The summed E-state index contributed by atoms with van der Waals surface area (Å²) >= 11 is 0. The van der Waals surface area contributed by atoms with Gasteiger partial charge in [0.05, 0.1) is 30.8 Å². The zero-order valence-corrected chi connectivity index (χ0v) is 17.6. The predicted molar refractivity (Wildman–Crippen MR) is 118 cm³/mol. The summed E-state index contributed by atoms with van der Waals surface area (Å²) in [6, 6.07) is 11.9. The van der Waals surface area contributed by atoms with E-state index in [2.05, 4.69) is 45.6 Å². The number of nitrogens with zero attached hydrogens (tertiary/aromatic N) is 3. The standard InChI is InChI=1S/C22H28N6O2/c1-14(2)23-21-17-10-11-18(25-22(17)27-26-21)19-5-4-12-28(19)13-20(29)24-15-6-8-16(30-3)9-7-15/h6-11,14,19H,4-5,12-13H2,1-3H3,(H,24,29)(H2,23,25,26,27)/t19-/m0/s1. The van der Waals surface area contributed by atoms with Crippen LogP contribution in [-0.2, 0) is 4.79 Å². The zero-order chi connectivity index (χ0) is 21.1. The van der Waals surface area contributed by atoms with Crippen molar-refractivity contribution in [2.24, 2.45) is 0 Å². The highest BCUT2D eigenvalue weighted by molar-refractivity contribution is 5.92. The van der Waals surface area contributed by atoms with Crippen molar-refractivity contribution in [1.82, 2.24) is 20.1 Å². The summed E-state index contributed by atoms with van der Waals surface area (Å²) in [6.45, 7) is 5.37. The van der Waals surface area contributed by atoms with Crippen LogP contribution in [0.2, 0.25) is 0 Å². The number of likely N-dealkylation sites (tertiary alicyclic amines) is 1. The topological polar surface area (TPSA) is 95.2 Å². The first-order chi connectivity index (χ1) is 14.5. The maximum Gasteiger partial charge on any atom is 0.238 e. The molecule has 158 valence electrons. The van der Waals surface area contributed by atoms with Crippen molar-refractivity contribution in [2.75, 3.05) is 30.8 Å². The molecule has 4 rings (SSSR count). The molecule has 1 aliphatic rings. The van der Waals surface area contributed by atoms with Gasteiger partial charge in [-0.05, 0) is 69.6 Å². The molecule has 1 aliphatic heterocycles. The smallest absolute Gasteiger partial charge is 0.238 e. The molecule has 3 heterocycles. The molecule has 1 atom stereocenters. The van der Waals surface area contributed by atoms with Gasteiger partial charge in [0.25, 0.3) is 0 Å². The number of ether oxygens (including phenoxy) is 1. The number of methoxy groups -OCH3 is 1. The van der Waals surface area contributed by atoms with Gasteiger partial charge in [-0.2, -0.15) is 5.10 Å². The maximum atomic E-state index is 12.6. The lowest BCUT2D eigenvalue weighted by Crippen LogP contribution is -2.33. The largest absolute Gasteiger partial charge is 0.497 e. The van der Waals surface area contributed by atoms with Crippen molar-refractivity contribution in [1.29, 1.82) is 0 Å². The van der Waals surface area contributed by atoms with Gasteiger partial charge in [0.2, 0.25) is 5.91 Å². The van der Waals surface area contributed by atoms with Gasteiger partial charge >= 0.3 is 0 Å². The number of anilines is 2. The Morgan fingerprint density at radius 2 is 2.07 bits per heavy atom. The molecule has 0 aliphatic carbocycles. The molecule has 1 amide bonds. The first kappa shape index (κ1) is 20.2. The second-order valence-corrected chi connectivity index (χ2v) is 7.91. The van der Waals surface area contributed by atoms with Crippen molar-refractivity contribution in [3.63, 3.8) is 0 Å². The molecule has 1 aromatic carbocycles. The van der Waals surface area contributed by atoms with Crippen molar-refractivity contribution in [3.8, 4) is 5.75 Å². The number of nitrogens with one attached hydrogen (secondary N) is 3. The van der Waals surface area contributed by atoms with E-state index in [0.717, 1.165) is 53.4 Å². The Kier molecular flexibility index (Phi) is 5.85. The summed E-state index contributed by atoms with van der Waals surface area (Å²) in [4.78, 5) is 19.6. The Labute approximate surface area is 176 Å². The summed E-state index contributed by atoms with van der Waals surface area (Å²) < 4.78 is 5.16. The fraction of sp³-hybridized carbons (Fsp3) is 0.409. The van der Waals surface area contributed by atoms with Crippen molar-refractivity contribution in [2.45, 2.75) is 38.8 Å². The Morgan fingerprint density at radius 1 is 1.27 bits per heavy atom. The van der Waals surface area contributed by atoms with Crippen molar-refractivity contribution < 1.29 is 9.53 Å². The van der Waals surface area contributed by atoms with Gasteiger partial charge in [-0.1, -0.05) is 0 Å². The molecule has 8 heteroatoms. The van der Waals surface area contributed by atoms with Crippen LogP contribution in [0.25, 0.3) is 11.0 Å². The third-order valence-electron chi connectivity index (χ3n) is 5.30. The van der Waals surface area contributed by atoms with Crippen LogP contribution in [0, 0.1) is 0 Å². The Balaban J connectivity index is 1.44. The van der Waals surface area contributed by atoms with Crippen LogP contribution in [-0.4, -0.2) is 52.2 Å². The minimum atomic E-state index is -0.0295. The van der Waals surface area contributed by atoms with Gasteiger partial charge in [0.15, 0.2) is 11.5 Å². The number of carbonyl (C=O) groups is 1. The zero-order valence-electron chi connectivity index (χ0n) is 17.6. The van der Waals surface area contributed by atoms with Gasteiger partial charge in [0.1, 0.15) is 5.75 Å². The van der Waals surface area contributed by atoms with E-state index in [-0.39, 0.29) is 11.9 Å². The summed E-state index contributed by atoms with van der Waals surface area (Å²) in [5.74, 6) is 1.55. The molecule has 0 unspecified atom stereocenters. The van der Waals surface area contributed by atoms with E-state index in [1.807, 2.05) is 30.3 Å². The van der Waals surface area contributed by atoms with Crippen molar-refractivity contribution >= 4 is 28.4 Å². The van der Waals surface area contributed by atoms with E-state index in [1.54, 1.807) is 7.11 Å². The molecular formula is C22H28N6O2. The van der Waals surface area contributed by atoms with Crippen LogP contribution in [0.15, 0.2) is 36.4 Å². The molecule has 1 fully saturated rings. The number of carbonyl (C=O) groups excluding carboxylic acids is 1. The number of amides is 1. The summed E-state index contributed by atoms with van der Waals surface area (Å²) in [5.41, 5.74) is 2.50. The molecule has 2 aromatic heterocycles. The number of benzene rings is 1. The number of H-pyrrole nitrogens is 1. The van der Waals surface area contributed by atoms with E-state index >= 15 is 0 Å². The van der Waals surface area contributed by atoms with Gasteiger partial charge in [-0.25, -0.2) is 4.98 Å². The fourth-order valence-electron chi connectivity index (χ4n) is 3.90. The van der Waals surface area contributed by atoms with Crippen LogP contribution < -0.4 is 15.4 Å². The van der Waals surface area contributed by atoms with Crippen LogP contribution in [0.1, 0.15) is 38.4 Å². The monoisotopic (exact) mass is 408 g/mol. The number of aromatic nitrogens is 3. The molecule has 3 aromatic rings. The molecule has 0 bridgehead atoms. The second kappa shape index (κ2) is 8.71. The number of hydrogen-bond donors (Lipinski definition) is 3. The minimum absolute atomic E-state index is 0.0295. The van der Waals surface area contributed by atoms with E-state index in [4.69, 9.17) is 9.72 Å². The average Bonchev–Trinajstić information content (AvgIpc) is 3.35. The lowest BCUT2D eigenvalue weighted by atomic mass is 10.1. The van der Waals surface area contributed by atoms with Gasteiger partial charge in [-0.15, -0.1) is 0 Å². The molecule has 0 spiro atoms. The number of rotatable bonds is 7. The Morgan fingerprint density at radius 3 is 2.80 bits per heavy atom. The van der Waals surface area contributed by atoms with Gasteiger partial charge in [-0.3, -0.25) is 14.8 Å². The van der Waals surface area contributed by atoms with Crippen LogP contribution in [0.4, 0.5) is 11.5 Å². The van der Waals surface area contributed by atoms with E-state index in [9.17, 15) is 4.79 Å². The Bertz CT molecular complexity index is 1010. The molecule has 3 N–H and O–H groups in total. The molecule has 30 heavy (non-hydrogen) atoms. The summed E-state index contributed by atoms with van der Waals surface area (Å²) in [5, 5.41) is 14.6. The Hall–Kier alpha value is -3.13. The van der Waals surface area contributed by atoms with Crippen LogP contribution in [0.5, 0.6) is 5.75 Å². The van der Waals surface area contributed by atoms with E-state index < -0.39 is 0 Å². The van der Waals surface area contributed by atoms with Crippen molar-refractivity contribution in [3.05, 3.63) is 42.1 Å². The highest BCUT2D eigenvalue weighted by atomic mass is 16.5. The summed E-state index contributed by atoms with van der Waals surface area (Å²) in [7, 11) is 1.62. The number of hydrogen-bond acceptors (Lipinski definition) is 6. The fourth-order valence-corrected chi connectivity index (χ4v) is 3.90. The lowest BCUT2D eigenvalue weighted by molar-refractivity contribution is -0.117. The first-order valence-corrected chi connectivity index (χ1v) is 10.3. The van der Waals surface area contributed by atoms with Gasteiger partial charge < -0.3 is 15.4 Å². The average molecular weight is 409 g/mol. The molecule has 0 radical (unpaired) electrons. The highest BCUT2D eigenvalue weighted by Crippen LogP contribution is 2.32. The number of aromatic amines is 1. The third-order valence-corrected chi connectivity index (χ3v) is 5.30. The third kappa shape index (κ3) is 4.38. The van der Waals surface area contributed by atoms with Gasteiger partial charge in [0, 0.05) is 11.7 Å². The molecule has 1 saturated heterocycles. The van der Waals surface area contributed by atoms with Crippen LogP contribution >= 0.6 is 0 Å². The molecule has 8 nitrogen and oxygen atoms in total.